The van der Waals surface area contributed by atoms with Crippen molar-refractivity contribution in [3.63, 3.8) is 0 Å². The van der Waals surface area contributed by atoms with E-state index < -0.39 is 11.9 Å². The van der Waals surface area contributed by atoms with E-state index in [1.807, 2.05) is 91.9 Å². The number of hydrogen-bond acceptors (Lipinski definition) is 7. The van der Waals surface area contributed by atoms with Crippen molar-refractivity contribution >= 4 is 34.2 Å². The van der Waals surface area contributed by atoms with E-state index in [4.69, 9.17) is 5.73 Å². The first kappa shape index (κ1) is 25.1. The van der Waals surface area contributed by atoms with E-state index >= 15 is 0 Å². The van der Waals surface area contributed by atoms with Crippen molar-refractivity contribution in [2.75, 3.05) is 19.3 Å². The number of rotatable bonds is 6. The van der Waals surface area contributed by atoms with Gasteiger partial charge in [-0.2, -0.15) is 0 Å². The Morgan fingerprint density at radius 2 is 1.95 bits per heavy atom. The van der Waals surface area contributed by atoms with Gasteiger partial charge in [0.05, 0.1) is 11.4 Å². The Kier molecular flexibility index (Phi) is 6.37. The molecule has 0 saturated heterocycles. The van der Waals surface area contributed by atoms with Crippen LogP contribution in [-0.2, 0) is 0 Å². The summed E-state index contributed by atoms with van der Waals surface area (Å²) in [7, 11) is 1.94. The SMILES string of the molecule is C[C@H](NC(=O)c1c(N)nn2cccnc12)c1cc2cccc(/C=C\C3=CN(C)NC3)c2c(=O)n1-c1ccccc1. The lowest BCUT2D eigenvalue weighted by molar-refractivity contribution is 0.0941. The smallest absolute Gasteiger partial charge is 0.263 e. The van der Waals surface area contributed by atoms with E-state index in [1.54, 1.807) is 23.0 Å². The lowest BCUT2D eigenvalue weighted by Crippen LogP contribution is -2.32. The molecule has 40 heavy (non-hydrogen) atoms. The molecule has 6 rings (SSSR count). The zero-order valence-electron chi connectivity index (χ0n) is 22.1. The monoisotopic (exact) mass is 532 g/mol. The molecule has 0 radical (unpaired) electrons. The minimum atomic E-state index is -0.549. The fourth-order valence-corrected chi connectivity index (χ4v) is 5.03. The van der Waals surface area contributed by atoms with Crippen LogP contribution in [0.4, 0.5) is 5.82 Å². The van der Waals surface area contributed by atoms with E-state index in [2.05, 4.69) is 20.8 Å². The fourth-order valence-electron chi connectivity index (χ4n) is 5.03. The maximum absolute atomic E-state index is 14.2. The van der Waals surface area contributed by atoms with Crippen LogP contribution in [0.15, 0.2) is 95.7 Å². The molecule has 10 heteroatoms. The van der Waals surface area contributed by atoms with Crippen LogP contribution in [-0.4, -0.2) is 43.7 Å². The number of aromatic nitrogens is 4. The summed E-state index contributed by atoms with van der Waals surface area (Å²) in [6.07, 6.45) is 9.26. The number of nitrogens with one attached hydrogen (secondary N) is 2. The van der Waals surface area contributed by atoms with Gasteiger partial charge in [-0.05, 0) is 47.7 Å². The number of hydrogen-bond donors (Lipinski definition) is 3. The van der Waals surface area contributed by atoms with Gasteiger partial charge in [-0.1, -0.05) is 48.6 Å². The van der Waals surface area contributed by atoms with E-state index in [0.717, 1.165) is 23.1 Å². The van der Waals surface area contributed by atoms with Crippen LogP contribution in [0.1, 0.15) is 34.6 Å². The summed E-state index contributed by atoms with van der Waals surface area (Å²) in [5, 5.41) is 10.5. The Hall–Kier alpha value is -5.22. The molecule has 4 N–H and O–H groups in total. The summed E-state index contributed by atoms with van der Waals surface area (Å²) in [5.41, 5.74) is 12.9. The Morgan fingerprint density at radius 3 is 2.73 bits per heavy atom. The number of hydrazine groups is 1. The molecule has 1 atom stereocenters. The van der Waals surface area contributed by atoms with Crippen LogP contribution in [0.2, 0.25) is 0 Å². The van der Waals surface area contributed by atoms with Gasteiger partial charge in [-0.3, -0.25) is 14.2 Å². The molecule has 0 aliphatic carbocycles. The molecule has 0 unspecified atom stereocenters. The maximum atomic E-state index is 14.2. The van der Waals surface area contributed by atoms with Crippen molar-refractivity contribution < 1.29 is 4.79 Å². The second-order valence-electron chi connectivity index (χ2n) is 9.68. The average Bonchev–Trinajstić information content (AvgIpc) is 3.53. The lowest BCUT2D eigenvalue weighted by atomic mass is 10.0. The van der Waals surface area contributed by atoms with Crippen LogP contribution >= 0.6 is 0 Å². The van der Waals surface area contributed by atoms with Crippen LogP contribution in [0, 0.1) is 0 Å². The second-order valence-corrected chi connectivity index (χ2v) is 9.68. The Morgan fingerprint density at radius 1 is 1.12 bits per heavy atom. The summed E-state index contributed by atoms with van der Waals surface area (Å²) >= 11 is 0. The van der Waals surface area contributed by atoms with Crippen molar-refractivity contribution in [2.45, 2.75) is 13.0 Å². The number of carbonyl (C=O) groups is 1. The maximum Gasteiger partial charge on any atom is 0.263 e. The van der Waals surface area contributed by atoms with Crippen molar-refractivity contribution in [3.05, 3.63) is 118 Å². The van der Waals surface area contributed by atoms with Crippen LogP contribution in [0.3, 0.4) is 0 Å². The van der Waals surface area contributed by atoms with Gasteiger partial charge in [0.25, 0.3) is 11.5 Å². The minimum absolute atomic E-state index is 0.0811. The van der Waals surface area contributed by atoms with Gasteiger partial charge in [-0.15, -0.1) is 5.10 Å². The highest BCUT2D eigenvalue weighted by Crippen LogP contribution is 2.25. The predicted molar refractivity (Wildman–Crippen MR) is 156 cm³/mol. The number of fused-ring (bicyclic) bond motifs is 2. The lowest BCUT2D eigenvalue weighted by Gasteiger charge is -2.21. The molecular formula is C30H28N8O2. The molecule has 0 spiro atoms. The van der Waals surface area contributed by atoms with E-state index in [1.165, 1.54) is 4.52 Å². The van der Waals surface area contributed by atoms with Crippen molar-refractivity contribution in [2.24, 2.45) is 0 Å². The molecule has 0 bridgehead atoms. The quantitative estimate of drug-likeness (QED) is 0.306. The Bertz CT molecular complexity index is 1870. The third-order valence-electron chi connectivity index (χ3n) is 6.93. The van der Waals surface area contributed by atoms with E-state index in [0.29, 0.717) is 22.4 Å². The summed E-state index contributed by atoms with van der Waals surface area (Å²) in [5.74, 6) is -0.344. The molecule has 1 aliphatic rings. The zero-order valence-corrected chi connectivity index (χ0v) is 22.1. The highest BCUT2D eigenvalue weighted by Gasteiger charge is 2.24. The van der Waals surface area contributed by atoms with Crippen molar-refractivity contribution in [1.82, 2.24) is 34.9 Å². The summed E-state index contributed by atoms with van der Waals surface area (Å²) in [6, 6.07) is 18.3. The molecule has 0 saturated carbocycles. The third-order valence-corrected chi connectivity index (χ3v) is 6.93. The topological polar surface area (TPSA) is 123 Å². The van der Waals surface area contributed by atoms with Crippen molar-refractivity contribution in [3.8, 4) is 5.69 Å². The highest BCUT2D eigenvalue weighted by atomic mass is 16.2. The third kappa shape index (κ3) is 4.50. The number of amides is 1. The van der Waals surface area contributed by atoms with Gasteiger partial charge >= 0.3 is 0 Å². The minimum Gasteiger partial charge on any atom is -0.381 e. The van der Waals surface area contributed by atoms with E-state index in [-0.39, 0.29) is 16.9 Å². The van der Waals surface area contributed by atoms with Gasteiger partial charge < -0.3 is 16.1 Å². The summed E-state index contributed by atoms with van der Waals surface area (Å²) in [4.78, 5) is 31.9. The molecular weight excluding hydrogens is 504 g/mol. The van der Waals surface area contributed by atoms with Gasteiger partial charge in [0.15, 0.2) is 11.5 Å². The molecule has 200 valence electrons. The number of nitrogens with two attached hydrogens (primary N) is 1. The normalized spacial score (nSPS) is 14.2. The van der Waals surface area contributed by atoms with Gasteiger partial charge in [0.2, 0.25) is 0 Å². The number of para-hydroxylation sites is 1. The van der Waals surface area contributed by atoms with Gasteiger partial charge in [0.1, 0.15) is 5.56 Å². The zero-order chi connectivity index (χ0) is 27.8. The fraction of sp³-hybridized carbons (Fsp3) is 0.133. The largest absolute Gasteiger partial charge is 0.381 e. The van der Waals surface area contributed by atoms with Crippen molar-refractivity contribution in [1.29, 1.82) is 0 Å². The van der Waals surface area contributed by atoms with Crippen LogP contribution in [0.5, 0.6) is 0 Å². The van der Waals surface area contributed by atoms with Gasteiger partial charge in [0, 0.05) is 43.6 Å². The second kappa shape index (κ2) is 10.2. The molecule has 5 aromatic rings. The van der Waals surface area contributed by atoms with Crippen LogP contribution < -0.4 is 22.0 Å². The first-order valence-electron chi connectivity index (χ1n) is 12.9. The summed E-state index contributed by atoms with van der Waals surface area (Å²) in [6.45, 7) is 2.56. The summed E-state index contributed by atoms with van der Waals surface area (Å²) < 4.78 is 3.13. The number of carbonyl (C=O) groups excluding carboxylic acids is 1. The molecule has 10 nitrogen and oxygen atoms in total. The number of benzene rings is 2. The van der Waals surface area contributed by atoms with E-state index in [9.17, 15) is 9.59 Å². The number of pyridine rings is 1. The first-order valence-corrected chi connectivity index (χ1v) is 12.9. The Labute approximate surface area is 230 Å². The Balaban J connectivity index is 1.45. The molecule has 2 aromatic carbocycles. The number of nitrogen functional groups attached to an aromatic ring is 1. The first-order chi connectivity index (χ1) is 19.4. The molecule has 1 amide bonds. The van der Waals surface area contributed by atoms with Crippen LogP contribution in [0.25, 0.3) is 28.2 Å². The highest BCUT2D eigenvalue weighted by molar-refractivity contribution is 6.04. The molecule has 1 aliphatic heterocycles. The predicted octanol–water partition coefficient (Wildman–Crippen LogP) is 3.45. The number of anilines is 1. The molecule has 0 fully saturated rings. The standard InChI is InChI=1S/C30H28N8O2/c1-19(34-29(39)26-27(31)35-37-15-7-14-32-28(26)37)24-16-22-9-6-8-21(13-12-20-17-33-36(2)18-20)25(22)30(40)38(24)23-10-4-3-5-11-23/h3-16,18-19,33H,17H2,1-2H3,(H2,31,35)(H,34,39)/b13-12-/t19-/m0/s1. The average molecular weight is 533 g/mol. The van der Waals surface area contributed by atoms with Gasteiger partial charge in [-0.25, -0.2) is 14.9 Å². The molecule has 4 heterocycles. The molecule has 3 aromatic heterocycles. The number of nitrogens with zero attached hydrogens (tertiary/aromatic N) is 5.